The third-order valence-electron chi connectivity index (χ3n) is 3.06. The Morgan fingerprint density at radius 1 is 1.33 bits per heavy atom. The smallest absolute Gasteiger partial charge is 0.269 e. The second kappa shape index (κ2) is 6.26. The predicted molar refractivity (Wildman–Crippen MR) is 71.2 cm³/mol. The molecule has 1 N–H and O–H groups in total. The molecule has 96 valence electrons. The van der Waals surface area contributed by atoms with Crippen molar-refractivity contribution in [1.82, 2.24) is 5.32 Å². The summed E-state index contributed by atoms with van der Waals surface area (Å²) in [5.74, 6) is 0. The Labute approximate surface area is 106 Å². The molecule has 5 heteroatoms. The first-order valence-corrected chi connectivity index (χ1v) is 6.24. The van der Waals surface area contributed by atoms with Gasteiger partial charge in [-0.05, 0) is 37.1 Å². The summed E-state index contributed by atoms with van der Waals surface area (Å²) in [7, 11) is 0. The van der Waals surface area contributed by atoms with Crippen molar-refractivity contribution in [3.05, 3.63) is 39.9 Å². The van der Waals surface area contributed by atoms with Crippen LogP contribution in [-0.4, -0.2) is 30.3 Å². The fraction of sp³-hybridized carbons (Fsp3) is 0.462. The zero-order valence-electron chi connectivity index (χ0n) is 10.2. The largest absolute Gasteiger partial charge is 0.315 e. The fourth-order valence-electron chi connectivity index (χ4n) is 2.00. The van der Waals surface area contributed by atoms with Crippen LogP contribution >= 0.6 is 0 Å². The Balaban J connectivity index is 1.97. The van der Waals surface area contributed by atoms with Crippen LogP contribution in [0.25, 0.3) is 0 Å². The van der Waals surface area contributed by atoms with Crippen LogP contribution in [-0.2, 0) is 0 Å². The first-order chi connectivity index (χ1) is 8.75. The molecule has 0 aliphatic carbocycles. The normalized spacial score (nSPS) is 20.8. The molecule has 18 heavy (non-hydrogen) atoms. The number of nitro groups is 1. The van der Waals surface area contributed by atoms with Gasteiger partial charge in [-0.1, -0.05) is 6.42 Å². The van der Waals surface area contributed by atoms with Crippen LogP contribution < -0.4 is 5.32 Å². The third kappa shape index (κ3) is 3.63. The zero-order valence-corrected chi connectivity index (χ0v) is 10.2. The first kappa shape index (κ1) is 12.7. The van der Waals surface area contributed by atoms with Crippen molar-refractivity contribution < 1.29 is 4.92 Å². The molecule has 1 atom stereocenters. The summed E-state index contributed by atoms with van der Waals surface area (Å²) in [5.41, 5.74) is 1.02. The van der Waals surface area contributed by atoms with E-state index >= 15 is 0 Å². The lowest BCUT2D eigenvalue weighted by molar-refractivity contribution is -0.384. The molecule has 1 saturated heterocycles. The van der Waals surface area contributed by atoms with E-state index in [4.69, 9.17) is 0 Å². The van der Waals surface area contributed by atoms with E-state index < -0.39 is 4.92 Å². The summed E-state index contributed by atoms with van der Waals surface area (Å²) >= 11 is 0. The summed E-state index contributed by atoms with van der Waals surface area (Å²) in [4.78, 5) is 14.7. The second-order valence-corrected chi connectivity index (χ2v) is 4.48. The highest BCUT2D eigenvalue weighted by Crippen LogP contribution is 2.12. The quantitative estimate of drug-likeness (QED) is 0.505. The van der Waals surface area contributed by atoms with Crippen molar-refractivity contribution in [2.45, 2.75) is 25.3 Å². The van der Waals surface area contributed by atoms with Gasteiger partial charge in [0.05, 0.1) is 11.0 Å². The Hall–Kier alpha value is -1.75. The molecule has 0 radical (unpaired) electrons. The molecule has 5 nitrogen and oxygen atoms in total. The van der Waals surface area contributed by atoms with Gasteiger partial charge >= 0.3 is 0 Å². The number of nitrogens with zero attached hydrogens (tertiary/aromatic N) is 2. The van der Waals surface area contributed by atoms with Gasteiger partial charge in [0.2, 0.25) is 0 Å². The lowest BCUT2D eigenvalue weighted by Crippen LogP contribution is -2.23. The number of nitro benzene ring substituents is 1. The second-order valence-electron chi connectivity index (χ2n) is 4.48. The Morgan fingerprint density at radius 3 is 2.83 bits per heavy atom. The van der Waals surface area contributed by atoms with Crippen molar-refractivity contribution in [3.63, 3.8) is 0 Å². The Morgan fingerprint density at radius 2 is 2.11 bits per heavy atom. The summed E-state index contributed by atoms with van der Waals surface area (Å²) < 4.78 is 0. The summed E-state index contributed by atoms with van der Waals surface area (Å²) in [6.45, 7) is 1.99. The van der Waals surface area contributed by atoms with Gasteiger partial charge in [-0.25, -0.2) is 0 Å². The third-order valence-corrected chi connectivity index (χ3v) is 3.06. The van der Waals surface area contributed by atoms with E-state index in [0.717, 1.165) is 25.1 Å². The van der Waals surface area contributed by atoms with Crippen molar-refractivity contribution in [1.29, 1.82) is 0 Å². The van der Waals surface area contributed by atoms with Gasteiger partial charge in [-0.3, -0.25) is 15.1 Å². The van der Waals surface area contributed by atoms with Crippen molar-refractivity contribution in [2.24, 2.45) is 4.99 Å². The number of benzene rings is 1. The summed E-state index contributed by atoms with van der Waals surface area (Å²) in [6, 6.07) is 6.79. The topological polar surface area (TPSA) is 67.5 Å². The molecule has 1 aromatic rings. The SMILES string of the molecule is O=[N+]([O-])c1ccc(C=N[C@@H]2CCCCNC2)cc1. The standard InChI is InChI=1S/C13H17N3O2/c17-16(18)13-6-4-11(5-7-13)9-15-12-3-1-2-8-14-10-12/h4-7,9,12,14H,1-3,8,10H2/t12-/m1/s1. The minimum absolute atomic E-state index is 0.114. The number of rotatable bonds is 3. The molecular formula is C13H17N3O2. The molecule has 0 bridgehead atoms. The maximum absolute atomic E-state index is 10.5. The van der Waals surface area contributed by atoms with Gasteiger partial charge in [-0.15, -0.1) is 0 Å². The summed E-state index contributed by atoms with van der Waals surface area (Å²) in [6.07, 6.45) is 5.33. The van der Waals surface area contributed by atoms with Crippen LogP contribution in [0.4, 0.5) is 5.69 Å². The van der Waals surface area contributed by atoms with Gasteiger partial charge in [0, 0.05) is 24.9 Å². The molecule has 0 spiro atoms. The fourth-order valence-corrected chi connectivity index (χ4v) is 2.00. The molecule has 1 aromatic carbocycles. The van der Waals surface area contributed by atoms with E-state index in [-0.39, 0.29) is 5.69 Å². The predicted octanol–water partition coefficient (Wildman–Crippen LogP) is 2.16. The number of nitrogens with one attached hydrogen (secondary N) is 1. The lowest BCUT2D eigenvalue weighted by Gasteiger charge is -2.07. The van der Waals surface area contributed by atoms with E-state index in [1.807, 2.05) is 0 Å². The van der Waals surface area contributed by atoms with Crippen molar-refractivity contribution in [3.8, 4) is 0 Å². The van der Waals surface area contributed by atoms with E-state index in [9.17, 15) is 10.1 Å². The van der Waals surface area contributed by atoms with Gasteiger partial charge in [0.1, 0.15) is 0 Å². The highest BCUT2D eigenvalue weighted by molar-refractivity contribution is 5.80. The molecule has 1 fully saturated rings. The van der Waals surface area contributed by atoms with Gasteiger partial charge in [-0.2, -0.15) is 0 Å². The van der Waals surface area contributed by atoms with Crippen LogP contribution in [0.2, 0.25) is 0 Å². The maximum atomic E-state index is 10.5. The van der Waals surface area contributed by atoms with Gasteiger partial charge in [0.15, 0.2) is 0 Å². The van der Waals surface area contributed by atoms with Crippen LogP contribution in [0.15, 0.2) is 29.3 Å². The Bertz CT molecular complexity index is 420. The molecule has 0 aromatic heterocycles. The number of hydrogen-bond donors (Lipinski definition) is 1. The number of hydrogen-bond acceptors (Lipinski definition) is 4. The van der Waals surface area contributed by atoms with E-state index in [1.54, 1.807) is 18.3 Å². The highest BCUT2D eigenvalue weighted by Gasteiger charge is 2.09. The molecule has 1 aliphatic heterocycles. The van der Waals surface area contributed by atoms with Crippen LogP contribution in [0, 0.1) is 10.1 Å². The van der Waals surface area contributed by atoms with Crippen LogP contribution in [0.3, 0.4) is 0 Å². The summed E-state index contributed by atoms with van der Waals surface area (Å²) in [5, 5.41) is 13.9. The van der Waals surface area contributed by atoms with Crippen LogP contribution in [0.5, 0.6) is 0 Å². The molecule has 2 rings (SSSR count). The van der Waals surface area contributed by atoms with Crippen molar-refractivity contribution >= 4 is 11.9 Å². The van der Waals surface area contributed by atoms with E-state index in [0.29, 0.717) is 6.04 Å². The molecule has 1 aliphatic rings. The highest BCUT2D eigenvalue weighted by atomic mass is 16.6. The number of non-ortho nitro benzene ring substituents is 1. The molecule has 1 heterocycles. The van der Waals surface area contributed by atoms with Gasteiger partial charge < -0.3 is 5.32 Å². The molecule has 0 unspecified atom stereocenters. The first-order valence-electron chi connectivity index (χ1n) is 6.24. The minimum atomic E-state index is -0.393. The van der Waals surface area contributed by atoms with Crippen molar-refractivity contribution in [2.75, 3.05) is 13.1 Å². The maximum Gasteiger partial charge on any atom is 0.269 e. The monoisotopic (exact) mass is 247 g/mol. The zero-order chi connectivity index (χ0) is 12.8. The average Bonchev–Trinajstić information content (AvgIpc) is 2.65. The number of aliphatic imine (C=N–C) groups is 1. The molecular weight excluding hydrogens is 230 g/mol. The average molecular weight is 247 g/mol. The van der Waals surface area contributed by atoms with Gasteiger partial charge in [0.25, 0.3) is 5.69 Å². The molecule has 0 saturated carbocycles. The van der Waals surface area contributed by atoms with Crippen LogP contribution in [0.1, 0.15) is 24.8 Å². The van der Waals surface area contributed by atoms with E-state index in [2.05, 4.69) is 10.3 Å². The minimum Gasteiger partial charge on any atom is -0.315 e. The molecule has 0 amide bonds. The van der Waals surface area contributed by atoms with E-state index in [1.165, 1.54) is 25.0 Å². The lowest BCUT2D eigenvalue weighted by atomic mass is 10.1. The Kier molecular flexibility index (Phi) is 4.41.